The zero-order valence-electron chi connectivity index (χ0n) is 16.2. The number of ether oxygens (including phenoxy) is 2. The maximum Gasteiger partial charge on any atom is 0.326 e. The summed E-state index contributed by atoms with van der Waals surface area (Å²) in [6.45, 7) is 4.51. The number of likely N-dealkylation sites (tertiary alicyclic amines) is 2. The number of amides is 1. The van der Waals surface area contributed by atoms with Crippen LogP contribution in [0, 0.1) is 5.41 Å². The van der Waals surface area contributed by atoms with Gasteiger partial charge in [0.05, 0.1) is 14.2 Å². The Labute approximate surface area is 159 Å². The minimum atomic E-state index is -0.898. The molecule has 0 aliphatic carbocycles. The molecule has 0 saturated carbocycles. The Morgan fingerprint density at radius 2 is 1.93 bits per heavy atom. The highest BCUT2D eigenvalue weighted by atomic mass is 16.5. The summed E-state index contributed by atoms with van der Waals surface area (Å²) in [4.78, 5) is 27.3. The quantitative estimate of drug-likeness (QED) is 0.847. The second-order valence-corrected chi connectivity index (χ2v) is 7.66. The number of methoxy groups -OCH3 is 2. The van der Waals surface area contributed by atoms with Gasteiger partial charge in [-0.05, 0) is 56.0 Å². The van der Waals surface area contributed by atoms with Crippen molar-refractivity contribution >= 4 is 11.9 Å². The molecule has 1 atom stereocenters. The van der Waals surface area contributed by atoms with Crippen molar-refractivity contribution in [3.8, 4) is 11.5 Å². The summed E-state index contributed by atoms with van der Waals surface area (Å²) in [5.74, 6) is 0.593. The monoisotopic (exact) mass is 376 g/mol. The Morgan fingerprint density at radius 3 is 2.44 bits per heavy atom. The van der Waals surface area contributed by atoms with Crippen molar-refractivity contribution < 1.29 is 24.2 Å². The van der Waals surface area contributed by atoms with Gasteiger partial charge in [0.15, 0.2) is 0 Å². The van der Waals surface area contributed by atoms with Crippen LogP contribution >= 0.6 is 0 Å². The molecule has 148 valence electrons. The van der Waals surface area contributed by atoms with Gasteiger partial charge < -0.3 is 19.5 Å². The van der Waals surface area contributed by atoms with Crippen LogP contribution < -0.4 is 9.47 Å². The van der Waals surface area contributed by atoms with Gasteiger partial charge in [0.2, 0.25) is 5.91 Å². The Hall–Kier alpha value is -2.28. The fourth-order valence-corrected chi connectivity index (χ4v) is 4.40. The molecule has 1 aromatic carbocycles. The predicted molar refractivity (Wildman–Crippen MR) is 99.9 cm³/mol. The first-order chi connectivity index (χ1) is 12.9. The van der Waals surface area contributed by atoms with E-state index >= 15 is 0 Å². The normalized spacial score (nSPS) is 22.0. The molecule has 0 aromatic heterocycles. The van der Waals surface area contributed by atoms with E-state index in [0.717, 1.165) is 49.5 Å². The largest absolute Gasteiger partial charge is 0.497 e. The highest BCUT2D eigenvalue weighted by Gasteiger charge is 2.49. The summed E-state index contributed by atoms with van der Waals surface area (Å²) in [5.41, 5.74) is 0.997. The molecule has 2 aliphatic rings. The first-order valence-electron chi connectivity index (χ1n) is 9.31. The lowest BCUT2D eigenvalue weighted by atomic mass is 9.76. The number of rotatable bonds is 5. The fourth-order valence-electron chi connectivity index (χ4n) is 4.40. The Balaban J connectivity index is 1.66. The standard InChI is InChI=1S/C20H28N2O5/c1-14(23)22-13-20(11-17(22)19(24)25)6-8-21(9-7-20)12-15-10-16(26-2)4-5-18(15)27-3/h4-5,10,17H,6-9,11-13H2,1-3H3,(H,24,25)/t17-/m1/s1. The van der Waals surface area contributed by atoms with E-state index in [-0.39, 0.29) is 11.3 Å². The summed E-state index contributed by atoms with van der Waals surface area (Å²) in [6, 6.07) is 5.11. The Bertz CT molecular complexity index is 688. The number of carbonyl (C=O) groups is 2. The average molecular weight is 376 g/mol. The Morgan fingerprint density at radius 1 is 1.22 bits per heavy atom. The number of benzene rings is 1. The van der Waals surface area contributed by atoms with E-state index in [1.165, 1.54) is 11.8 Å². The maximum absolute atomic E-state index is 11.8. The van der Waals surface area contributed by atoms with Crippen molar-refractivity contribution in [3.05, 3.63) is 23.8 Å². The van der Waals surface area contributed by atoms with Crippen molar-refractivity contribution in [1.82, 2.24) is 9.80 Å². The number of carbonyl (C=O) groups excluding carboxylic acids is 1. The van der Waals surface area contributed by atoms with E-state index in [1.807, 2.05) is 18.2 Å². The van der Waals surface area contributed by atoms with Crippen molar-refractivity contribution in [2.24, 2.45) is 5.41 Å². The zero-order valence-corrected chi connectivity index (χ0v) is 16.2. The van der Waals surface area contributed by atoms with Gasteiger partial charge in [-0.2, -0.15) is 0 Å². The van der Waals surface area contributed by atoms with Crippen LogP contribution in [-0.4, -0.2) is 66.7 Å². The van der Waals surface area contributed by atoms with Crippen LogP contribution in [0.5, 0.6) is 11.5 Å². The molecule has 3 rings (SSSR count). The third-order valence-corrected chi connectivity index (χ3v) is 6.00. The number of carboxylic acid groups (broad SMARTS) is 1. The number of aliphatic carboxylic acids is 1. The molecule has 1 N–H and O–H groups in total. The maximum atomic E-state index is 11.8. The fraction of sp³-hybridized carbons (Fsp3) is 0.600. The van der Waals surface area contributed by atoms with E-state index in [1.54, 1.807) is 14.2 Å². The second-order valence-electron chi connectivity index (χ2n) is 7.66. The number of hydrogen-bond acceptors (Lipinski definition) is 5. The highest BCUT2D eigenvalue weighted by molar-refractivity contribution is 5.83. The third-order valence-electron chi connectivity index (χ3n) is 6.00. The predicted octanol–water partition coefficient (Wildman–Crippen LogP) is 1.99. The van der Waals surface area contributed by atoms with Crippen molar-refractivity contribution in [2.45, 2.75) is 38.8 Å². The molecular formula is C20H28N2O5. The lowest BCUT2D eigenvalue weighted by molar-refractivity contribution is -0.147. The molecule has 7 heteroatoms. The van der Waals surface area contributed by atoms with Crippen molar-refractivity contribution in [3.63, 3.8) is 0 Å². The molecule has 0 unspecified atom stereocenters. The number of nitrogens with zero attached hydrogens (tertiary/aromatic N) is 2. The van der Waals surface area contributed by atoms with E-state index in [4.69, 9.17) is 9.47 Å². The van der Waals surface area contributed by atoms with Crippen molar-refractivity contribution in [2.75, 3.05) is 33.9 Å². The van der Waals surface area contributed by atoms with Gasteiger partial charge >= 0.3 is 5.97 Å². The van der Waals surface area contributed by atoms with Crippen LogP contribution in [0.2, 0.25) is 0 Å². The van der Waals surface area contributed by atoms with Crippen molar-refractivity contribution in [1.29, 1.82) is 0 Å². The summed E-state index contributed by atoms with van der Waals surface area (Å²) in [7, 11) is 3.31. The molecular weight excluding hydrogens is 348 g/mol. The van der Waals surface area contributed by atoms with Gasteiger partial charge in [0, 0.05) is 25.6 Å². The minimum Gasteiger partial charge on any atom is -0.497 e. The Kier molecular flexibility index (Phi) is 5.60. The second kappa shape index (κ2) is 7.76. The highest BCUT2D eigenvalue weighted by Crippen LogP contribution is 2.44. The van der Waals surface area contributed by atoms with Gasteiger partial charge in [-0.15, -0.1) is 0 Å². The summed E-state index contributed by atoms with van der Waals surface area (Å²) in [5, 5.41) is 9.47. The molecule has 2 heterocycles. The topological polar surface area (TPSA) is 79.3 Å². The van der Waals surface area contributed by atoms with E-state index < -0.39 is 12.0 Å². The zero-order chi connectivity index (χ0) is 19.6. The van der Waals surface area contributed by atoms with E-state index in [2.05, 4.69) is 4.90 Å². The van der Waals surface area contributed by atoms with Gasteiger partial charge in [-0.25, -0.2) is 4.79 Å². The van der Waals surface area contributed by atoms with Gasteiger partial charge in [-0.3, -0.25) is 9.69 Å². The molecule has 27 heavy (non-hydrogen) atoms. The molecule has 7 nitrogen and oxygen atoms in total. The van der Waals surface area contributed by atoms with Crippen LogP contribution in [0.25, 0.3) is 0 Å². The van der Waals surface area contributed by atoms with Crippen LogP contribution in [0.4, 0.5) is 0 Å². The van der Waals surface area contributed by atoms with Gasteiger partial charge in [-0.1, -0.05) is 0 Å². The van der Waals surface area contributed by atoms with Crippen LogP contribution in [0.1, 0.15) is 31.7 Å². The van der Waals surface area contributed by atoms with Crippen LogP contribution in [0.3, 0.4) is 0 Å². The molecule has 0 bridgehead atoms. The summed E-state index contributed by atoms with van der Waals surface area (Å²) >= 11 is 0. The molecule has 2 saturated heterocycles. The van der Waals surface area contributed by atoms with E-state index in [9.17, 15) is 14.7 Å². The van der Waals surface area contributed by atoms with Gasteiger partial charge in [0.25, 0.3) is 0 Å². The smallest absolute Gasteiger partial charge is 0.326 e. The molecule has 1 spiro atoms. The lowest BCUT2D eigenvalue weighted by Crippen LogP contribution is -2.42. The SMILES string of the molecule is COc1ccc(OC)c(CN2CCC3(CC2)C[C@H](C(=O)O)N(C(C)=O)C3)c1. The minimum absolute atomic E-state index is 0.0797. The van der Waals surface area contributed by atoms with Gasteiger partial charge in [0.1, 0.15) is 17.5 Å². The molecule has 2 aliphatic heterocycles. The summed E-state index contributed by atoms with van der Waals surface area (Å²) in [6.07, 6.45) is 2.35. The number of piperidine rings is 1. The average Bonchev–Trinajstić information content (AvgIpc) is 3.04. The van der Waals surface area contributed by atoms with E-state index in [0.29, 0.717) is 13.0 Å². The molecule has 1 aromatic rings. The lowest BCUT2D eigenvalue weighted by Gasteiger charge is -2.39. The third kappa shape index (κ3) is 4.03. The molecule has 0 radical (unpaired) electrons. The van der Waals surface area contributed by atoms with Crippen LogP contribution in [0.15, 0.2) is 18.2 Å². The summed E-state index contributed by atoms with van der Waals surface area (Å²) < 4.78 is 10.8. The first kappa shape index (κ1) is 19.5. The molecule has 1 amide bonds. The number of carboxylic acids is 1. The number of hydrogen-bond donors (Lipinski definition) is 1. The van der Waals surface area contributed by atoms with Crippen LogP contribution in [-0.2, 0) is 16.1 Å². The molecule has 2 fully saturated rings. The first-order valence-corrected chi connectivity index (χ1v) is 9.31.